The molecule has 7 heteroatoms. The summed E-state index contributed by atoms with van der Waals surface area (Å²) in [6.45, 7) is 12.1. The van der Waals surface area contributed by atoms with E-state index in [0.717, 1.165) is 83.7 Å². The van der Waals surface area contributed by atoms with E-state index in [4.69, 9.17) is 14.5 Å². The van der Waals surface area contributed by atoms with Crippen LogP contribution in [0, 0.1) is 0 Å². The van der Waals surface area contributed by atoms with Crippen LogP contribution in [-0.2, 0) is 4.74 Å². The molecular formula is C24H41N5O2. The maximum Gasteiger partial charge on any atom is 0.191 e. The number of ether oxygens (including phenoxy) is 2. The minimum absolute atomic E-state index is 0.310. The molecule has 7 nitrogen and oxygen atoms in total. The summed E-state index contributed by atoms with van der Waals surface area (Å²) in [5.41, 5.74) is 1.31. The van der Waals surface area contributed by atoms with Gasteiger partial charge in [-0.2, -0.15) is 0 Å². The first-order valence-corrected chi connectivity index (χ1v) is 12.0. The van der Waals surface area contributed by atoms with Crippen LogP contribution in [0.3, 0.4) is 0 Å². The highest BCUT2D eigenvalue weighted by molar-refractivity contribution is 5.79. The zero-order valence-electron chi connectivity index (χ0n) is 19.4. The normalized spacial score (nSPS) is 19.4. The number of guanidine groups is 1. The van der Waals surface area contributed by atoms with Gasteiger partial charge in [0.1, 0.15) is 5.75 Å². The fourth-order valence-corrected chi connectivity index (χ4v) is 4.32. The molecule has 0 spiro atoms. The number of morpholine rings is 1. The van der Waals surface area contributed by atoms with Crippen molar-refractivity contribution in [2.75, 3.05) is 72.7 Å². The molecule has 2 aliphatic rings. The van der Waals surface area contributed by atoms with E-state index in [1.165, 1.54) is 24.8 Å². The van der Waals surface area contributed by atoms with Crippen LogP contribution in [0.15, 0.2) is 29.3 Å². The van der Waals surface area contributed by atoms with Crippen molar-refractivity contribution in [1.82, 2.24) is 20.4 Å². The Kier molecular flexibility index (Phi) is 10.4. The lowest BCUT2D eigenvalue weighted by Gasteiger charge is -2.27. The Morgan fingerprint density at radius 1 is 1.06 bits per heavy atom. The van der Waals surface area contributed by atoms with E-state index in [1.807, 2.05) is 0 Å². The third-order valence-electron chi connectivity index (χ3n) is 6.15. The molecule has 0 saturated carbocycles. The monoisotopic (exact) mass is 431 g/mol. The maximum atomic E-state index is 5.42. The van der Waals surface area contributed by atoms with Gasteiger partial charge in [0, 0.05) is 26.2 Å². The molecule has 31 heavy (non-hydrogen) atoms. The highest BCUT2D eigenvalue weighted by Gasteiger charge is 2.23. The van der Waals surface area contributed by atoms with E-state index in [9.17, 15) is 0 Å². The Hall–Kier alpha value is -1.83. The van der Waals surface area contributed by atoms with E-state index < -0.39 is 0 Å². The Balaban J connectivity index is 1.51. The second-order valence-electron chi connectivity index (χ2n) is 8.34. The first kappa shape index (κ1) is 23.8. The van der Waals surface area contributed by atoms with E-state index in [1.54, 1.807) is 7.11 Å². The number of benzene rings is 1. The van der Waals surface area contributed by atoms with E-state index in [2.05, 4.69) is 51.6 Å². The molecule has 2 fully saturated rings. The number of unbranched alkanes of at least 4 members (excludes halogenated alkanes) is 1. The molecule has 174 valence electrons. The predicted octanol–water partition coefficient (Wildman–Crippen LogP) is 2.50. The van der Waals surface area contributed by atoms with Crippen molar-refractivity contribution in [2.24, 2.45) is 4.99 Å². The summed E-state index contributed by atoms with van der Waals surface area (Å²) in [5.74, 6) is 1.83. The molecule has 0 aliphatic carbocycles. The number of rotatable bonds is 11. The Morgan fingerprint density at radius 2 is 1.81 bits per heavy atom. The quantitative estimate of drug-likeness (QED) is 0.319. The lowest BCUT2D eigenvalue weighted by atomic mass is 10.1. The molecule has 1 atom stereocenters. The molecule has 1 aromatic rings. The minimum atomic E-state index is 0.310. The molecule has 0 radical (unpaired) electrons. The van der Waals surface area contributed by atoms with Gasteiger partial charge in [0.2, 0.25) is 0 Å². The molecule has 1 aromatic carbocycles. The summed E-state index contributed by atoms with van der Waals surface area (Å²) in [5, 5.41) is 6.94. The number of methoxy groups -OCH3 is 1. The van der Waals surface area contributed by atoms with E-state index >= 15 is 0 Å². The molecule has 2 aliphatic heterocycles. The van der Waals surface area contributed by atoms with Gasteiger partial charge in [0.25, 0.3) is 0 Å². The van der Waals surface area contributed by atoms with Gasteiger partial charge >= 0.3 is 0 Å². The first-order valence-electron chi connectivity index (χ1n) is 12.0. The lowest BCUT2D eigenvalue weighted by molar-refractivity contribution is 0.0372. The van der Waals surface area contributed by atoms with Gasteiger partial charge in [-0.05, 0) is 69.9 Å². The number of likely N-dealkylation sites (tertiary alicyclic amines) is 1. The third kappa shape index (κ3) is 7.98. The molecule has 1 unspecified atom stereocenters. The largest absolute Gasteiger partial charge is 0.497 e. The van der Waals surface area contributed by atoms with Gasteiger partial charge in [-0.1, -0.05) is 12.1 Å². The predicted molar refractivity (Wildman–Crippen MR) is 127 cm³/mol. The first-order chi connectivity index (χ1) is 15.3. The molecule has 2 N–H and O–H groups in total. The summed E-state index contributed by atoms with van der Waals surface area (Å²) in [7, 11) is 1.71. The molecular weight excluding hydrogens is 390 g/mol. The SMILES string of the molecule is CCNC(=NCC(c1ccc(OC)cc1)N1CCCC1)NCCCCN1CCOCC1. The minimum Gasteiger partial charge on any atom is -0.497 e. The van der Waals surface area contributed by atoms with E-state index in [-0.39, 0.29) is 0 Å². The van der Waals surface area contributed by atoms with Crippen molar-refractivity contribution in [2.45, 2.75) is 38.6 Å². The zero-order chi connectivity index (χ0) is 21.7. The van der Waals surface area contributed by atoms with Crippen molar-refractivity contribution >= 4 is 5.96 Å². The van der Waals surface area contributed by atoms with Crippen molar-refractivity contribution in [3.05, 3.63) is 29.8 Å². The van der Waals surface area contributed by atoms with Crippen LogP contribution in [0.25, 0.3) is 0 Å². The summed E-state index contributed by atoms with van der Waals surface area (Å²) in [6.07, 6.45) is 4.90. The van der Waals surface area contributed by atoms with Gasteiger partial charge in [-0.25, -0.2) is 0 Å². The van der Waals surface area contributed by atoms with Crippen LogP contribution in [0.1, 0.15) is 44.2 Å². The average Bonchev–Trinajstić information content (AvgIpc) is 3.34. The standard InChI is InChI=1S/C24H41N5O2/c1-3-25-24(26-12-4-5-13-28-16-18-31-19-17-28)27-20-23(29-14-6-7-15-29)21-8-10-22(30-2)11-9-21/h8-11,23H,3-7,12-20H2,1-2H3,(H2,25,26,27). The smallest absolute Gasteiger partial charge is 0.191 e. The highest BCUT2D eigenvalue weighted by Crippen LogP contribution is 2.27. The number of nitrogens with zero attached hydrogens (tertiary/aromatic N) is 3. The van der Waals surface area contributed by atoms with Crippen LogP contribution in [0.2, 0.25) is 0 Å². The Bertz CT molecular complexity index is 640. The summed E-state index contributed by atoms with van der Waals surface area (Å²) < 4.78 is 10.8. The molecule has 2 heterocycles. The van der Waals surface area contributed by atoms with Crippen molar-refractivity contribution < 1.29 is 9.47 Å². The Morgan fingerprint density at radius 3 is 2.48 bits per heavy atom. The van der Waals surface area contributed by atoms with Gasteiger partial charge in [0.05, 0.1) is 32.9 Å². The van der Waals surface area contributed by atoms with Gasteiger partial charge in [-0.15, -0.1) is 0 Å². The van der Waals surface area contributed by atoms with Crippen LogP contribution in [0.4, 0.5) is 0 Å². The average molecular weight is 432 g/mol. The molecule has 2 saturated heterocycles. The molecule has 0 amide bonds. The van der Waals surface area contributed by atoms with Crippen LogP contribution in [0.5, 0.6) is 5.75 Å². The second kappa shape index (κ2) is 13.6. The van der Waals surface area contributed by atoms with Gasteiger partial charge in [-0.3, -0.25) is 14.8 Å². The maximum absolute atomic E-state index is 5.42. The number of nitrogens with one attached hydrogen (secondary N) is 2. The lowest BCUT2D eigenvalue weighted by Crippen LogP contribution is -2.39. The van der Waals surface area contributed by atoms with Crippen molar-refractivity contribution in [1.29, 1.82) is 0 Å². The van der Waals surface area contributed by atoms with E-state index in [0.29, 0.717) is 6.04 Å². The Labute approximate surface area is 188 Å². The van der Waals surface area contributed by atoms with Gasteiger partial charge in [0.15, 0.2) is 5.96 Å². The molecule has 0 bridgehead atoms. The van der Waals surface area contributed by atoms with Gasteiger partial charge < -0.3 is 20.1 Å². The fourth-order valence-electron chi connectivity index (χ4n) is 4.32. The van der Waals surface area contributed by atoms with Crippen LogP contribution >= 0.6 is 0 Å². The van der Waals surface area contributed by atoms with Crippen LogP contribution in [-0.4, -0.2) is 88.4 Å². The fraction of sp³-hybridized carbons (Fsp3) is 0.708. The summed E-state index contributed by atoms with van der Waals surface area (Å²) >= 11 is 0. The van der Waals surface area contributed by atoms with Crippen molar-refractivity contribution in [3.63, 3.8) is 0 Å². The van der Waals surface area contributed by atoms with Crippen LogP contribution < -0.4 is 15.4 Å². The van der Waals surface area contributed by atoms with Crippen molar-refractivity contribution in [3.8, 4) is 5.75 Å². The number of hydrogen-bond donors (Lipinski definition) is 2. The highest BCUT2D eigenvalue weighted by atomic mass is 16.5. The summed E-state index contributed by atoms with van der Waals surface area (Å²) in [4.78, 5) is 10.0. The molecule has 0 aromatic heterocycles. The summed E-state index contributed by atoms with van der Waals surface area (Å²) in [6, 6.07) is 8.79. The topological polar surface area (TPSA) is 61.4 Å². The third-order valence-corrected chi connectivity index (χ3v) is 6.15. The molecule has 3 rings (SSSR count). The number of hydrogen-bond acceptors (Lipinski definition) is 5. The number of aliphatic imine (C=N–C) groups is 1. The second-order valence-corrected chi connectivity index (χ2v) is 8.34. The zero-order valence-corrected chi connectivity index (χ0v) is 19.4.